The van der Waals surface area contributed by atoms with Crippen LogP contribution in [0.2, 0.25) is 0 Å². The highest BCUT2D eigenvalue weighted by atomic mass is 14.9. The molecular weight excluding hydrogens is 146 g/mol. The van der Waals surface area contributed by atoms with E-state index in [1.165, 1.54) is 25.8 Å². The van der Waals surface area contributed by atoms with Crippen LogP contribution in [0, 0.1) is 17.8 Å². The summed E-state index contributed by atoms with van der Waals surface area (Å²) in [6, 6.07) is 0. The van der Waals surface area contributed by atoms with Gasteiger partial charge in [0.15, 0.2) is 0 Å². The van der Waals surface area contributed by atoms with Crippen LogP contribution in [0.25, 0.3) is 0 Å². The van der Waals surface area contributed by atoms with E-state index in [4.69, 9.17) is 6.42 Å². The monoisotopic (exact) mass is 165 g/mol. The predicted molar refractivity (Wildman–Crippen MR) is 52.9 cm³/mol. The summed E-state index contributed by atoms with van der Waals surface area (Å²) in [5.41, 5.74) is 0.677. The van der Waals surface area contributed by atoms with Crippen molar-refractivity contribution in [2.75, 3.05) is 13.1 Å². The van der Waals surface area contributed by atoms with Crippen molar-refractivity contribution >= 4 is 0 Å². The Hall–Kier alpha value is -0.480. The SMILES string of the molecule is C#CCCCNCC1(CC)CC1. The molecule has 0 bridgehead atoms. The molecule has 0 heterocycles. The maximum atomic E-state index is 5.16. The van der Waals surface area contributed by atoms with Crippen LogP contribution in [0.15, 0.2) is 0 Å². The molecular formula is C11H19N. The maximum absolute atomic E-state index is 5.16. The van der Waals surface area contributed by atoms with E-state index in [0.717, 1.165) is 19.4 Å². The summed E-state index contributed by atoms with van der Waals surface area (Å²) in [4.78, 5) is 0. The summed E-state index contributed by atoms with van der Waals surface area (Å²) >= 11 is 0. The second-order valence-corrected chi connectivity index (χ2v) is 3.84. The van der Waals surface area contributed by atoms with Gasteiger partial charge in [0.1, 0.15) is 0 Å². The average molecular weight is 165 g/mol. The molecule has 1 nitrogen and oxygen atoms in total. The smallest absolute Gasteiger partial charge is 0.00981 e. The molecule has 1 saturated carbocycles. The topological polar surface area (TPSA) is 12.0 Å². The lowest BCUT2D eigenvalue weighted by Crippen LogP contribution is -2.24. The molecule has 1 fully saturated rings. The van der Waals surface area contributed by atoms with E-state index in [0.29, 0.717) is 5.41 Å². The van der Waals surface area contributed by atoms with Gasteiger partial charge in [-0.2, -0.15) is 0 Å². The van der Waals surface area contributed by atoms with Gasteiger partial charge in [-0.15, -0.1) is 12.3 Å². The zero-order chi connectivity index (χ0) is 8.86. The Morgan fingerprint density at radius 3 is 2.75 bits per heavy atom. The lowest BCUT2D eigenvalue weighted by molar-refractivity contribution is 0.443. The summed E-state index contributed by atoms with van der Waals surface area (Å²) in [5.74, 6) is 2.65. The number of terminal acetylenes is 1. The van der Waals surface area contributed by atoms with E-state index in [2.05, 4.69) is 18.2 Å². The van der Waals surface area contributed by atoms with Crippen LogP contribution in [0.3, 0.4) is 0 Å². The summed E-state index contributed by atoms with van der Waals surface area (Å²) in [6.45, 7) is 4.58. The Kier molecular flexibility index (Phi) is 3.62. The Morgan fingerprint density at radius 2 is 2.25 bits per heavy atom. The fraction of sp³-hybridized carbons (Fsp3) is 0.818. The normalized spacial score (nSPS) is 18.7. The first kappa shape index (κ1) is 9.61. The minimum atomic E-state index is 0.677. The van der Waals surface area contributed by atoms with E-state index >= 15 is 0 Å². The van der Waals surface area contributed by atoms with Crippen molar-refractivity contribution in [3.05, 3.63) is 0 Å². The van der Waals surface area contributed by atoms with Gasteiger partial charge in [-0.1, -0.05) is 6.92 Å². The Balaban J connectivity index is 1.93. The molecule has 0 amide bonds. The van der Waals surface area contributed by atoms with E-state index in [1.54, 1.807) is 0 Å². The Bertz CT molecular complexity index is 162. The van der Waals surface area contributed by atoms with Crippen LogP contribution in [-0.2, 0) is 0 Å². The molecule has 0 radical (unpaired) electrons. The van der Waals surface area contributed by atoms with E-state index < -0.39 is 0 Å². The second kappa shape index (κ2) is 4.52. The van der Waals surface area contributed by atoms with Gasteiger partial charge >= 0.3 is 0 Å². The second-order valence-electron chi connectivity index (χ2n) is 3.84. The third kappa shape index (κ3) is 2.87. The quantitative estimate of drug-likeness (QED) is 0.470. The molecule has 12 heavy (non-hydrogen) atoms. The van der Waals surface area contributed by atoms with E-state index in [1.807, 2.05) is 0 Å². The van der Waals surface area contributed by atoms with Gasteiger partial charge < -0.3 is 5.32 Å². The molecule has 0 saturated heterocycles. The van der Waals surface area contributed by atoms with Crippen molar-refractivity contribution in [1.29, 1.82) is 0 Å². The van der Waals surface area contributed by atoms with Gasteiger partial charge in [0.25, 0.3) is 0 Å². The molecule has 0 aromatic heterocycles. The highest BCUT2D eigenvalue weighted by molar-refractivity contribution is 4.93. The molecule has 1 heteroatoms. The fourth-order valence-corrected chi connectivity index (χ4v) is 1.50. The van der Waals surface area contributed by atoms with Crippen molar-refractivity contribution in [3.63, 3.8) is 0 Å². The molecule has 0 aliphatic heterocycles. The van der Waals surface area contributed by atoms with Crippen molar-refractivity contribution in [2.24, 2.45) is 5.41 Å². The molecule has 0 aromatic carbocycles. The van der Waals surface area contributed by atoms with Gasteiger partial charge in [0, 0.05) is 13.0 Å². The van der Waals surface area contributed by atoms with Gasteiger partial charge in [-0.3, -0.25) is 0 Å². The van der Waals surface area contributed by atoms with Gasteiger partial charge in [-0.25, -0.2) is 0 Å². The van der Waals surface area contributed by atoms with Crippen molar-refractivity contribution in [3.8, 4) is 12.3 Å². The first-order valence-corrected chi connectivity index (χ1v) is 4.97. The van der Waals surface area contributed by atoms with Crippen LogP contribution in [0.5, 0.6) is 0 Å². The lowest BCUT2D eigenvalue weighted by atomic mass is 10.0. The fourth-order valence-electron chi connectivity index (χ4n) is 1.50. The number of nitrogens with one attached hydrogen (secondary N) is 1. The first-order chi connectivity index (χ1) is 5.83. The molecule has 0 atom stereocenters. The van der Waals surface area contributed by atoms with Gasteiger partial charge in [0.05, 0.1) is 0 Å². The van der Waals surface area contributed by atoms with Crippen LogP contribution in [0.1, 0.15) is 39.0 Å². The van der Waals surface area contributed by atoms with E-state index in [9.17, 15) is 0 Å². The molecule has 1 rings (SSSR count). The standard InChI is InChI=1S/C11H19N/c1-3-5-6-9-12-10-11(4-2)7-8-11/h1,12H,4-10H2,2H3. The Morgan fingerprint density at radius 1 is 1.50 bits per heavy atom. The number of unbranched alkanes of at least 4 members (excludes halogenated alkanes) is 1. The minimum Gasteiger partial charge on any atom is -0.316 e. The molecule has 1 aliphatic rings. The summed E-state index contributed by atoms with van der Waals surface area (Å²) in [5, 5.41) is 3.48. The number of hydrogen-bond acceptors (Lipinski definition) is 1. The van der Waals surface area contributed by atoms with Crippen LogP contribution in [-0.4, -0.2) is 13.1 Å². The van der Waals surface area contributed by atoms with Crippen LogP contribution >= 0.6 is 0 Å². The van der Waals surface area contributed by atoms with Gasteiger partial charge in [0.2, 0.25) is 0 Å². The zero-order valence-electron chi connectivity index (χ0n) is 8.03. The van der Waals surface area contributed by atoms with Gasteiger partial charge in [-0.05, 0) is 37.6 Å². The molecule has 1 aliphatic carbocycles. The average Bonchev–Trinajstić information content (AvgIpc) is 2.85. The highest BCUT2D eigenvalue weighted by Gasteiger charge is 2.39. The predicted octanol–water partition coefficient (Wildman–Crippen LogP) is 2.18. The summed E-state index contributed by atoms with van der Waals surface area (Å²) in [6.07, 6.45) is 11.4. The number of hydrogen-bond donors (Lipinski definition) is 1. The highest BCUT2D eigenvalue weighted by Crippen LogP contribution is 2.47. The number of rotatable bonds is 6. The minimum absolute atomic E-state index is 0.677. The van der Waals surface area contributed by atoms with Crippen molar-refractivity contribution in [1.82, 2.24) is 5.32 Å². The largest absolute Gasteiger partial charge is 0.316 e. The summed E-state index contributed by atoms with van der Waals surface area (Å²) in [7, 11) is 0. The summed E-state index contributed by atoms with van der Waals surface area (Å²) < 4.78 is 0. The van der Waals surface area contributed by atoms with Crippen molar-refractivity contribution in [2.45, 2.75) is 39.0 Å². The lowest BCUT2D eigenvalue weighted by Gasteiger charge is -2.12. The zero-order valence-corrected chi connectivity index (χ0v) is 8.03. The molecule has 1 N–H and O–H groups in total. The van der Waals surface area contributed by atoms with Crippen molar-refractivity contribution < 1.29 is 0 Å². The Labute approximate surface area is 75.9 Å². The van der Waals surface area contributed by atoms with Crippen LogP contribution in [0.4, 0.5) is 0 Å². The molecule has 68 valence electrons. The third-order valence-electron chi connectivity index (χ3n) is 2.88. The van der Waals surface area contributed by atoms with Crippen LogP contribution < -0.4 is 5.32 Å². The molecule has 0 spiro atoms. The maximum Gasteiger partial charge on any atom is 0.00981 e. The third-order valence-corrected chi connectivity index (χ3v) is 2.88. The molecule has 0 aromatic rings. The molecule has 0 unspecified atom stereocenters. The first-order valence-electron chi connectivity index (χ1n) is 4.97. The van der Waals surface area contributed by atoms with E-state index in [-0.39, 0.29) is 0 Å².